The van der Waals surface area contributed by atoms with Crippen LogP contribution in [0.2, 0.25) is 0 Å². The van der Waals surface area contributed by atoms with Gasteiger partial charge in [0.05, 0.1) is 12.7 Å². The number of nitrogens with zero attached hydrogens (tertiary/aromatic N) is 1. The van der Waals surface area contributed by atoms with Crippen LogP contribution in [0.1, 0.15) is 30.5 Å². The third-order valence-corrected chi connectivity index (χ3v) is 4.62. The average Bonchev–Trinajstić information content (AvgIpc) is 2.75. The van der Waals surface area contributed by atoms with E-state index in [2.05, 4.69) is 46.7 Å². The first-order valence-electron chi connectivity index (χ1n) is 8.22. The maximum absolute atomic E-state index is 5.90. The minimum absolute atomic E-state index is 0.321. The van der Waals surface area contributed by atoms with Gasteiger partial charge in [0, 0.05) is 32.2 Å². The van der Waals surface area contributed by atoms with Crippen molar-refractivity contribution >= 4 is 0 Å². The van der Waals surface area contributed by atoms with Crippen molar-refractivity contribution < 1.29 is 4.74 Å². The fourth-order valence-corrected chi connectivity index (χ4v) is 3.34. The van der Waals surface area contributed by atoms with Gasteiger partial charge in [-0.2, -0.15) is 0 Å². The summed E-state index contributed by atoms with van der Waals surface area (Å²) < 4.78 is 5.90. The molecule has 0 spiro atoms. The second-order valence-corrected chi connectivity index (χ2v) is 6.01. The monoisotopic (exact) mass is 289 g/mol. The van der Waals surface area contributed by atoms with E-state index in [1.807, 2.05) is 0 Å². The van der Waals surface area contributed by atoms with Crippen molar-refractivity contribution in [2.75, 3.05) is 39.3 Å². The Hall–Kier alpha value is -0.940. The van der Waals surface area contributed by atoms with Crippen LogP contribution in [0.15, 0.2) is 24.3 Å². The fourth-order valence-electron chi connectivity index (χ4n) is 3.34. The molecule has 0 radical (unpaired) electrons. The van der Waals surface area contributed by atoms with E-state index in [-0.39, 0.29) is 0 Å². The van der Waals surface area contributed by atoms with Crippen LogP contribution in [-0.2, 0) is 11.3 Å². The first-order valence-corrected chi connectivity index (χ1v) is 8.22. The topological polar surface area (TPSA) is 36.5 Å². The molecule has 116 valence electrons. The van der Waals surface area contributed by atoms with Gasteiger partial charge < -0.3 is 15.4 Å². The number of ether oxygens (including phenoxy) is 1. The predicted molar refractivity (Wildman–Crippen MR) is 85.4 cm³/mol. The summed E-state index contributed by atoms with van der Waals surface area (Å²) >= 11 is 0. The summed E-state index contributed by atoms with van der Waals surface area (Å²) in [7, 11) is 0. The lowest BCUT2D eigenvalue weighted by molar-refractivity contribution is -0.0264. The molecule has 2 atom stereocenters. The van der Waals surface area contributed by atoms with Crippen LogP contribution in [0.3, 0.4) is 0 Å². The van der Waals surface area contributed by atoms with E-state index in [1.165, 1.54) is 11.1 Å². The van der Waals surface area contributed by atoms with Gasteiger partial charge in [0.15, 0.2) is 0 Å². The van der Waals surface area contributed by atoms with E-state index in [9.17, 15) is 0 Å². The van der Waals surface area contributed by atoms with Gasteiger partial charge in [-0.3, -0.25) is 4.90 Å². The van der Waals surface area contributed by atoms with Crippen molar-refractivity contribution in [1.29, 1.82) is 0 Å². The van der Waals surface area contributed by atoms with Crippen LogP contribution < -0.4 is 10.6 Å². The number of hydrogen-bond acceptors (Lipinski definition) is 4. The van der Waals surface area contributed by atoms with E-state index in [4.69, 9.17) is 4.74 Å². The van der Waals surface area contributed by atoms with Crippen molar-refractivity contribution in [2.24, 2.45) is 0 Å². The highest BCUT2D eigenvalue weighted by Gasteiger charge is 2.22. The fraction of sp³-hybridized carbons (Fsp3) is 0.647. The number of morpholine rings is 1. The smallest absolute Gasteiger partial charge is 0.0826 e. The molecule has 0 bridgehead atoms. The average molecular weight is 289 g/mol. The first-order chi connectivity index (χ1) is 10.4. The Morgan fingerprint density at radius 1 is 1.38 bits per heavy atom. The maximum atomic E-state index is 5.90. The molecule has 2 N–H and O–H groups in total. The number of fused-ring (bicyclic) bond motifs is 1. The van der Waals surface area contributed by atoms with Gasteiger partial charge in [-0.25, -0.2) is 0 Å². The molecule has 2 aliphatic rings. The number of rotatable bonds is 4. The molecule has 4 heteroatoms. The summed E-state index contributed by atoms with van der Waals surface area (Å²) in [6.45, 7) is 9.33. The Labute approximate surface area is 127 Å². The predicted octanol–water partition coefficient (Wildman–Crippen LogP) is 1.53. The standard InChI is InChI=1S/C17H27N3O/c1-2-20-9-10-21-15(13-20)12-19-17-7-8-18-11-14-5-3-4-6-16(14)17/h3-6,15,17-19H,2,7-13H2,1H3. The number of nitrogens with one attached hydrogen (secondary N) is 2. The van der Waals surface area contributed by atoms with E-state index in [1.54, 1.807) is 0 Å². The van der Waals surface area contributed by atoms with E-state index in [0.717, 1.165) is 52.3 Å². The van der Waals surface area contributed by atoms with Crippen LogP contribution >= 0.6 is 0 Å². The number of likely N-dealkylation sites (N-methyl/N-ethyl adjacent to an activating group) is 1. The second-order valence-electron chi connectivity index (χ2n) is 6.01. The molecule has 0 saturated carbocycles. The summed E-state index contributed by atoms with van der Waals surface area (Å²) in [5.41, 5.74) is 2.87. The molecule has 1 fully saturated rings. The van der Waals surface area contributed by atoms with Gasteiger partial charge in [0.25, 0.3) is 0 Å². The zero-order chi connectivity index (χ0) is 14.5. The quantitative estimate of drug-likeness (QED) is 0.881. The lowest BCUT2D eigenvalue weighted by atomic mass is 9.99. The molecule has 1 aromatic carbocycles. The second kappa shape index (κ2) is 7.36. The summed E-state index contributed by atoms with van der Waals surface area (Å²) in [6, 6.07) is 9.22. The highest BCUT2D eigenvalue weighted by Crippen LogP contribution is 2.23. The molecule has 2 aliphatic heterocycles. The summed E-state index contributed by atoms with van der Waals surface area (Å²) in [5.74, 6) is 0. The SMILES string of the molecule is CCN1CCOC(CNC2CCNCc3ccccc32)C1. The molecule has 1 saturated heterocycles. The van der Waals surface area contributed by atoms with E-state index in [0.29, 0.717) is 12.1 Å². The van der Waals surface area contributed by atoms with Crippen molar-refractivity contribution in [1.82, 2.24) is 15.5 Å². The highest BCUT2D eigenvalue weighted by molar-refractivity contribution is 5.31. The third kappa shape index (κ3) is 3.83. The maximum Gasteiger partial charge on any atom is 0.0826 e. The normalized spacial score (nSPS) is 27.1. The molecular weight excluding hydrogens is 262 g/mol. The molecular formula is C17H27N3O. The Morgan fingerprint density at radius 2 is 2.29 bits per heavy atom. The lowest BCUT2D eigenvalue weighted by Gasteiger charge is -2.33. The molecule has 0 aliphatic carbocycles. The van der Waals surface area contributed by atoms with Crippen molar-refractivity contribution in [3.05, 3.63) is 35.4 Å². The zero-order valence-electron chi connectivity index (χ0n) is 13.0. The lowest BCUT2D eigenvalue weighted by Crippen LogP contribution is -2.47. The Kier molecular flexibility index (Phi) is 5.25. The van der Waals surface area contributed by atoms with Crippen LogP contribution in [0, 0.1) is 0 Å². The van der Waals surface area contributed by atoms with Gasteiger partial charge in [-0.1, -0.05) is 31.2 Å². The number of hydrogen-bond donors (Lipinski definition) is 2. The summed E-state index contributed by atoms with van der Waals surface area (Å²) in [4.78, 5) is 2.47. The molecule has 4 nitrogen and oxygen atoms in total. The van der Waals surface area contributed by atoms with Crippen LogP contribution in [-0.4, -0.2) is 50.3 Å². The zero-order valence-corrected chi connectivity index (χ0v) is 13.0. The summed E-state index contributed by atoms with van der Waals surface area (Å²) in [6.07, 6.45) is 1.46. The van der Waals surface area contributed by atoms with Crippen molar-refractivity contribution in [3.63, 3.8) is 0 Å². The molecule has 21 heavy (non-hydrogen) atoms. The summed E-state index contributed by atoms with van der Waals surface area (Å²) in [5, 5.41) is 7.25. The van der Waals surface area contributed by atoms with Crippen molar-refractivity contribution in [2.45, 2.75) is 32.0 Å². The molecule has 1 aromatic rings. The molecule has 2 heterocycles. The molecule has 3 rings (SSSR count). The molecule has 2 unspecified atom stereocenters. The minimum atomic E-state index is 0.321. The van der Waals surface area contributed by atoms with Gasteiger partial charge in [-0.05, 0) is 30.6 Å². The van der Waals surface area contributed by atoms with Gasteiger partial charge in [-0.15, -0.1) is 0 Å². The Balaban J connectivity index is 1.60. The highest BCUT2D eigenvalue weighted by atomic mass is 16.5. The third-order valence-electron chi connectivity index (χ3n) is 4.62. The van der Waals surface area contributed by atoms with Crippen LogP contribution in [0.5, 0.6) is 0 Å². The first kappa shape index (κ1) is 15.0. The molecule has 0 amide bonds. The largest absolute Gasteiger partial charge is 0.374 e. The van der Waals surface area contributed by atoms with Gasteiger partial charge in [0.1, 0.15) is 0 Å². The molecule has 0 aromatic heterocycles. The van der Waals surface area contributed by atoms with Gasteiger partial charge in [0.2, 0.25) is 0 Å². The van der Waals surface area contributed by atoms with Crippen molar-refractivity contribution in [3.8, 4) is 0 Å². The van der Waals surface area contributed by atoms with Crippen LogP contribution in [0.4, 0.5) is 0 Å². The van der Waals surface area contributed by atoms with Gasteiger partial charge >= 0.3 is 0 Å². The van der Waals surface area contributed by atoms with Crippen LogP contribution in [0.25, 0.3) is 0 Å². The Morgan fingerprint density at radius 3 is 3.19 bits per heavy atom. The minimum Gasteiger partial charge on any atom is -0.374 e. The Bertz CT molecular complexity index is 451. The number of benzene rings is 1. The van der Waals surface area contributed by atoms with E-state index < -0.39 is 0 Å². The van der Waals surface area contributed by atoms with E-state index >= 15 is 0 Å².